The minimum atomic E-state index is -0.572. The first-order valence-corrected chi connectivity index (χ1v) is 7.65. The molecule has 0 radical (unpaired) electrons. The first-order chi connectivity index (χ1) is 9.93. The molecule has 0 aliphatic heterocycles. The van der Waals surface area contributed by atoms with Gasteiger partial charge in [-0.05, 0) is 44.4 Å². The van der Waals surface area contributed by atoms with E-state index in [1.54, 1.807) is 6.92 Å². The predicted molar refractivity (Wildman–Crippen MR) is 84.4 cm³/mol. The molecule has 0 aliphatic rings. The highest BCUT2D eigenvalue weighted by molar-refractivity contribution is 5.78. The summed E-state index contributed by atoms with van der Waals surface area (Å²) in [5.41, 5.74) is 1.15. The summed E-state index contributed by atoms with van der Waals surface area (Å²) in [6, 6.07) is 7.91. The van der Waals surface area contributed by atoms with Gasteiger partial charge >= 0.3 is 0 Å². The van der Waals surface area contributed by atoms with Crippen LogP contribution in [0.5, 0.6) is 5.75 Å². The molecule has 0 unspecified atom stereocenters. The van der Waals surface area contributed by atoms with Crippen molar-refractivity contribution in [3.63, 3.8) is 0 Å². The Morgan fingerprint density at radius 1 is 1.24 bits per heavy atom. The number of nitrogens with one attached hydrogen (secondary N) is 1. The second kappa shape index (κ2) is 8.67. The van der Waals surface area contributed by atoms with Crippen LogP contribution in [0.3, 0.4) is 0 Å². The average molecular weight is 293 g/mol. The van der Waals surface area contributed by atoms with Crippen molar-refractivity contribution in [2.24, 2.45) is 5.92 Å². The number of ether oxygens (including phenoxy) is 1. The Balaban J connectivity index is 2.37. The monoisotopic (exact) mass is 293 g/mol. The van der Waals surface area contributed by atoms with Gasteiger partial charge < -0.3 is 15.2 Å². The molecular formula is C17H27NO3. The van der Waals surface area contributed by atoms with E-state index in [-0.39, 0.29) is 17.9 Å². The van der Waals surface area contributed by atoms with Gasteiger partial charge in [0.2, 0.25) is 5.91 Å². The zero-order valence-electron chi connectivity index (χ0n) is 13.4. The fourth-order valence-corrected chi connectivity index (χ4v) is 2.03. The molecule has 1 aromatic rings. The van der Waals surface area contributed by atoms with E-state index in [1.165, 1.54) is 0 Å². The van der Waals surface area contributed by atoms with E-state index < -0.39 is 6.10 Å². The van der Waals surface area contributed by atoms with Crippen molar-refractivity contribution in [2.45, 2.75) is 52.7 Å². The van der Waals surface area contributed by atoms with Crippen LogP contribution in [0.2, 0.25) is 0 Å². The molecular weight excluding hydrogens is 266 g/mol. The van der Waals surface area contributed by atoms with E-state index in [0.717, 1.165) is 17.7 Å². The Bertz CT molecular complexity index is 428. The lowest BCUT2D eigenvalue weighted by atomic mass is 10.0. The molecule has 2 N–H and O–H groups in total. The van der Waals surface area contributed by atoms with Gasteiger partial charge in [0.1, 0.15) is 5.75 Å². The highest BCUT2D eigenvalue weighted by atomic mass is 16.5. The summed E-state index contributed by atoms with van der Waals surface area (Å²) in [5, 5.41) is 12.5. The third-order valence-electron chi connectivity index (χ3n) is 3.42. The molecule has 0 spiro atoms. The van der Waals surface area contributed by atoms with E-state index in [0.29, 0.717) is 13.0 Å². The van der Waals surface area contributed by atoms with Crippen molar-refractivity contribution >= 4 is 5.91 Å². The Morgan fingerprint density at radius 3 is 2.38 bits per heavy atom. The van der Waals surface area contributed by atoms with Crippen LogP contribution < -0.4 is 10.1 Å². The minimum absolute atomic E-state index is 0.0934. The average Bonchev–Trinajstić information content (AvgIpc) is 2.46. The first kappa shape index (κ1) is 17.5. The standard InChI is InChI=1S/C17H27NO3/c1-5-16(19)13(4)17(20)18-11-10-14-6-8-15(9-7-14)21-12(2)3/h6-9,12-13,16,19H,5,10-11H2,1-4H3,(H,18,20)/t13-,16+/m1/s1. The maximum absolute atomic E-state index is 11.8. The van der Waals surface area contributed by atoms with Crippen molar-refractivity contribution in [3.8, 4) is 5.75 Å². The summed E-state index contributed by atoms with van der Waals surface area (Å²) in [6.45, 7) is 8.19. The van der Waals surface area contributed by atoms with Gasteiger partial charge in [-0.25, -0.2) is 0 Å². The number of aliphatic hydroxyl groups is 1. The normalized spacial score (nSPS) is 13.8. The van der Waals surface area contributed by atoms with Crippen LogP contribution in [0, 0.1) is 5.92 Å². The molecule has 0 fully saturated rings. The topological polar surface area (TPSA) is 58.6 Å². The summed E-state index contributed by atoms with van der Waals surface area (Å²) in [5.74, 6) is 0.401. The van der Waals surface area contributed by atoms with Gasteiger partial charge in [0.15, 0.2) is 0 Å². The van der Waals surface area contributed by atoms with Crippen LogP contribution in [-0.2, 0) is 11.2 Å². The fraction of sp³-hybridized carbons (Fsp3) is 0.588. The van der Waals surface area contributed by atoms with Crippen LogP contribution in [-0.4, -0.2) is 29.8 Å². The van der Waals surface area contributed by atoms with Crippen LogP contribution in [0.4, 0.5) is 0 Å². The van der Waals surface area contributed by atoms with E-state index in [9.17, 15) is 9.90 Å². The second-order valence-corrected chi connectivity index (χ2v) is 5.62. The summed E-state index contributed by atoms with van der Waals surface area (Å²) >= 11 is 0. The van der Waals surface area contributed by atoms with E-state index >= 15 is 0 Å². The highest BCUT2D eigenvalue weighted by Gasteiger charge is 2.19. The molecule has 0 aromatic heterocycles. The quantitative estimate of drug-likeness (QED) is 0.774. The summed E-state index contributed by atoms with van der Waals surface area (Å²) in [7, 11) is 0. The van der Waals surface area contributed by atoms with Gasteiger partial charge in [0, 0.05) is 6.54 Å². The number of hydrogen-bond donors (Lipinski definition) is 2. The van der Waals surface area contributed by atoms with Crippen LogP contribution in [0.15, 0.2) is 24.3 Å². The zero-order valence-corrected chi connectivity index (χ0v) is 13.4. The third-order valence-corrected chi connectivity index (χ3v) is 3.42. The van der Waals surface area contributed by atoms with Gasteiger partial charge in [-0.3, -0.25) is 4.79 Å². The van der Waals surface area contributed by atoms with Gasteiger partial charge in [0.05, 0.1) is 18.1 Å². The molecule has 0 aliphatic carbocycles. The molecule has 1 amide bonds. The smallest absolute Gasteiger partial charge is 0.225 e. The largest absolute Gasteiger partial charge is 0.491 e. The van der Waals surface area contributed by atoms with Crippen LogP contribution in [0.1, 0.15) is 39.7 Å². The second-order valence-electron chi connectivity index (χ2n) is 5.62. The minimum Gasteiger partial charge on any atom is -0.491 e. The Morgan fingerprint density at radius 2 is 1.86 bits per heavy atom. The molecule has 118 valence electrons. The number of hydrogen-bond acceptors (Lipinski definition) is 3. The van der Waals surface area contributed by atoms with Crippen molar-refractivity contribution in [1.29, 1.82) is 0 Å². The van der Waals surface area contributed by atoms with E-state index in [2.05, 4.69) is 5.32 Å². The molecule has 1 rings (SSSR count). The number of aliphatic hydroxyl groups excluding tert-OH is 1. The van der Waals surface area contributed by atoms with Gasteiger partial charge in [-0.15, -0.1) is 0 Å². The Kier molecular flexibility index (Phi) is 7.23. The van der Waals surface area contributed by atoms with Gasteiger partial charge in [0.25, 0.3) is 0 Å². The highest BCUT2D eigenvalue weighted by Crippen LogP contribution is 2.14. The number of rotatable bonds is 8. The molecule has 0 bridgehead atoms. The molecule has 4 heteroatoms. The summed E-state index contributed by atoms with van der Waals surface area (Å²) < 4.78 is 5.58. The van der Waals surface area contributed by atoms with Crippen molar-refractivity contribution in [2.75, 3.05) is 6.54 Å². The maximum Gasteiger partial charge on any atom is 0.225 e. The van der Waals surface area contributed by atoms with Crippen molar-refractivity contribution in [1.82, 2.24) is 5.32 Å². The lowest BCUT2D eigenvalue weighted by molar-refractivity contribution is -0.127. The molecule has 2 atom stereocenters. The lowest BCUT2D eigenvalue weighted by Gasteiger charge is -2.16. The number of amides is 1. The van der Waals surface area contributed by atoms with E-state index in [4.69, 9.17) is 4.74 Å². The van der Waals surface area contributed by atoms with Crippen molar-refractivity contribution in [3.05, 3.63) is 29.8 Å². The van der Waals surface area contributed by atoms with Crippen LogP contribution >= 0.6 is 0 Å². The maximum atomic E-state index is 11.8. The Labute approximate surface area is 127 Å². The van der Waals surface area contributed by atoms with Gasteiger partial charge in [-0.1, -0.05) is 26.0 Å². The third kappa shape index (κ3) is 6.17. The first-order valence-electron chi connectivity index (χ1n) is 7.65. The lowest BCUT2D eigenvalue weighted by Crippen LogP contribution is -2.36. The fourth-order valence-electron chi connectivity index (χ4n) is 2.03. The zero-order chi connectivity index (χ0) is 15.8. The van der Waals surface area contributed by atoms with E-state index in [1.807, 2.05) is 45.0 Å². The molecule has 4 nitrogen and oxygen atoms in total. The Hall–Kier alpha value is -1.55. The number of carbonyl (C=O) groups is 1. The molecule has 0 saturated heterocycles. The summed E-state index contributed by atoms with van der Waals surface area (Å²) in [6.07, 6.45) is 0.952. The number of carbonyl (C=O) groups excluding carboxylic acids is 1. The molecule has 0 saturated carbocycles. The molecule has 0 heterocycles. The van der Waals surface area contributed by atoms with Gasteiger partial charge in [-0.2, -0.15) is 0 Å². The summed E-state index contributed by atoms with van der Waals surface area (Å²) in [4.78, 5) is 11.8. The molecule has 1 aromatic carbocycles. The van der Waals surface area contributed by atoms with Crippen LogP contribution in [0.25, 0.3) is 0 Å². The predicted octanol–water partition coefficient (Wildman–Crippen LogP) is 2.54. The molecule has 21 heavy (non-hydrogen) atoms. The van der Waals surface area contributed by atoms with Crippen molar-refractivity contribution < 1.29 is 14.6 Å². The number of benzene rings is 1. The SMILES string of the molecule is CC[C@H](O)[C@@H](C)C(=O)NCCc1ccc(OC(C)C)cc1.